The van der Waals surface area contributed by atoms with Crippen LogP contribution in [0.1, 0.15) is 124 Å². The summed E-state index contributed by atoms with van der Waals surface area (Å²) in [5.74, 6) is 2.39. The highest BCUT2D eigenvalue weighted by Crippen LogP contribution is 2.45. The van der Waals surface area contributed by atoms with E-state index >= 15 is 0 Å². The lowest BCUT2D eigenvalue weighted by Crippen LogP contribution is -2.41. The first-order chi connectivity index (χ1) is 53.2. The number of aliphatic hydroxyl groups excluding tert-OH is 3. The number of alkyl halides is 3. The van der Waals surface area contributed by atoms with Crippen molar-refractivity contribution in [1.82, 2.24) is 79.9 Å². The van der Waals surface area contributed by atoms with Gasteiger partial charge >= 0.3 is 33.3 Å². The van der Waals surface area contributed by atoms with Gasteiger partial charge in [0.15, 0.2) is 23.3 Å². The Labute approximate surface area is 676 Å². The van der Waals surface area contributed by atoms with Gasteiger partial charge in [0, 0.05) is 49.2 Å². The van der Waals surface area contributed by atoms with E-state index in [1.165, 1.54) is 37.3 Å². The zero-order valence-corrected chi connectivity index (χ0v) is 67.9. The van der Waals surface area contributed by atoms with Gasteiger partial charge in [0.05, 0.1) is 102 Å². The standard InChI is InChI=1S/C19H16FN5O3.C14H18BFN4O2.C12H24B2O4.C11H10BrNO3.C8H6BrFN4.C8H7BrN4O.CH4/c20-7-14-9-24(23-22-14)18-4-2-12(8-21-18)11-1-3-15-13(5-11)6-16-17(10-26)28-19(27)25(15)16;1-13(2)14(3,4)22-15(21-13)10-5-6-12(17-8-10)20-9-11(7-16)18-19-20;1-9(2)10(3,4)16-13(15-9)14-17-11(5,6)12(7,8)18-14;12-7-1-2-8-6(3-7)4-9-10(5-14)16-11(15)13(8)9;9-6-1-2-8(11-4-6)14-5-7(3-10)12-13-14;9-6-1-2-8(10-3-6)13-4-7(5-14)11-12-13;/h1-5,8-9,16-17,26H,6-7,10H2;5-6,8-9H,7H2,1-4H3;1-8H3;1-3,9-10,14H,4-5H2;1-2,4-5H,3H2;1-4,14H,5H2;1H4/t16-,17-;;;9-,10-;;;/m0..0.../s1. The van der Waals surface area contributed by atoms with Crippen LogP contribution in [0.15, 0.2) is 148 Å². The predicted octanol–water partition coefficient (Wildman–Crippen LogP) is 10.9. The molecule has 2 aromatic carbocycles. The molecule has 0 spiro atoms. The normalized spacial score (nSPS) is 20.3. The fourth-order valence-corrected chi connectivity index (χ4v) is 13.1. The third-order valence-electron chi connectivity index (χ3n) is 20.5. The highest BCUT2D eigenvalue weighted by molar-refractivity contribution is 9.11. The van der Waals surface area contributed by atoms with Gasteiger partial charge in [-0.15, -0.1) is 20.4 Å². The molecule has 40 heteroatoms. The zero-order chi connectivity index (χ0) is 80.4. The summed E-state index contributed by atoms with van der Waals surface area (Å²) in [6.45, 7) is 21.9. The highest BCUT2D eigenvalue weighted by atomic mass is 79.9. The number of aliphatic hydroxyl groups is 3. The number of amides is 2. The van der Waals surface area contributed by atoms with Crippen LogP contribution in [-0.2, 0) is 76.9 Å². The molecule has 0 bridgehead atoms. The lowest BCUT2D eigenvalue weighted by atomic mass is 9.49. The van der Waals surface area contributed by atoms with E-state index in [-0.39, 0.29) is 79.2 Å². The third kappa shape index (κ3) is 18.6. The number of hydrogen-bond donors (Lipinski definition) is 3. The quantitative estimate of drug-likeness (QED) is 0.0903. The van der Waals surface area contributed by atoms with Gasteiger partial charge in [0.2, 0.25) is 0 Å². The minimum Gasteiger partial charge on any atom is -0.441 e. The number of hydrogen-bond acceptors (Lipinski definition) is 25. The number of carbonyl (C=O) groups excluding carboxylic acids is 2. The van der Waals surface area contributed by atoms with Crippen molar-refractivity contribution in [2.75, 3.05) is 23.0 Å². The Morgan fingerprint density at radius 3 is 1.12 bits per heavy atom. The van der Waals surface area contributed by atoms with Crippen LogP contribution in [0.25, 0.3) is 34.4 Å². The van der Waals surface area contributed by atoms with Gasteiger partial charge in [-0.25, -0.2) is 61.4 Å². The van der Waals surface area contributed by atoms with Crippen molar-refractivity contribution in [2.24, 2.45) is 0 Å². The lowest BCUT2D eigenvalue weighted by Gasteiger charge is -2.32. The molecule has 2 amide bonds. The van der Waals surface area contributed by atoms with Crippen molar-refractivity contribution < 1.29 is 75.5 Å². The number of carbonyl (C=O) groups is 2. The molecule has 17 rings (SSSR count). The summed E-state index contributed by atoms with van der Waals surface area (Å²) < 4.78 is 92.0. The molecule has 5 fully saturated rings. The van der Waals surface area contributed by atoms with E-state index in [9.17, 15) is 27.9 Å². The number of halogens is 6. The lowest BCUT2D eigenvalue weighted by molar-refractivity contribution is 0.00578. The van der Waals surface area contributed by atoms with E-state index in [1.54, 1.807) is 65.0 Å². The maximum absolute atomic E-state index is 12.6. The Bertz CT molecular complexity index is 4770. The van der Waals surface area contributed by atoms with Gasteiger partial charge in [-0.1, -0.05) is 56.3 Å². The molecular formula is C73H85B3Br3F3N18O13. The van der Waals surface area contributed by atoms with Crippen LogP contribution in [0.3, 0.4) is 0 Å². The summed E-state index contributed by atoms with van der Waals surface area (Å²) in [5, 5.41) is 57.4. The Kier molecular flexibility index (Phi) is 26.1. The van der Waals surface area contributed by atoms with Crippen LogP contribution in [0.5, 0.6) is 0 Å². The van der Waals surface area contributed by atoms with Crippen LogP contribution in [-0.4, -0.2) is 200 Å². The van der Waals surface area contributed by atoms with Gasteiger partial charge in [-0.05, 0) is 217 Å². The number of rotatable bonds is 13. The first kappa shape index (κ1) is 85.1. The molecular weight excluding hydrogens is 1670 g/mol. The molecule has 7 aliphatic heterocycles. The van der Waals surface area contributed by atoms with Crippen molar-refractivity contribution in [3.63, 3.8) is 0 Å². The third-order valence-corrected chi connectivity index (χ3v) is 21.9. The van der Waals surface area contributed by atoms with E-state index in [1.807, 2.05) is 144 Å². The van der Waals surface area contributed by atoms with E-state index in [0.29, 0.717) is 41.1 Å². The molecule has 596 valence electrons. The highest BCUT2D eigenvalue weighted by Gasteiger charge is 2.64. The number of anilines is 2. The summed E-state index contributed by atoms with van der Waals surface area (Å²) in [4.78, 5) is 43.9. The number of ether oxygens (including phenoxy) is 2. The minimum absolute atomic E-state index is 0. The molecule has 0 saturated carbocycles. The minimum atomic E-state index is -0.671. The number of aromatic nitrogens is 16. The number of pyridine rings is 4. The van der Waals surface area contributed by atoms with Crippen LogP contribution < -0.4 is 15.3 Å². The molecule has 7 aliphatic rings. The Morgan fingerprint density at radius 2 is 0.779 bits per heavy atom. The number of cyclic esters (lactones) is 2. The van der Waals surface area contributed by atoms with Crippen molar-refractivity contribution in [3.8, 4) is 34.4 Å². The smallest absolute Gasteiger partial charge is 0.441 e. The molecule has 15 heterocycles. The van der Waals surface area contributed by atoms with Crippen LogP contribution in [0.2, 0.25) is 0 Å². The maximum atomic E-state index is 12.6. The van der Waals surface area contributed by atoms with Gasteiger partial charge in [-0.2, -0.15) is 0 Å². The van der Waals surface area contributed by atoms with Crippen LogP contribution >= 0.6 is 47.8 Å². The van der Waals surface area contributed by atoms with Crippen molar-refractivity contribution in [1.29, 1.82) is 0 Å². The summed E-state index contributed by atoms with van der Waals surface area (Å²) in [7, 11) is -1.41. The molecule has 10 aromatic rings. The fourth-order valence-electron chi connectivity index (χ4n) is 12.3. The second kappa shape index (κ2) is 34.7. The Hall–Kier alpha value is -8.80. The molecule has 8 aromatic heterocycles. The average Bonchev–Trinajstić information content (AvgIpc) is 1.62. The SMILES string of the molecule is C.CC1(C)OB(B2OC(C)(C)C(C)(C)O2)OC1(C)C.CC1(C)OB(c2ccc(-n3cc(CF)nn3)nc2)OC1(C)C.FCc1cn(-c2ccc(Br)cn2)nn1.O=C1O[C@@H](CO)[C@@H]2Cc3cc(-c4ccc(-n5cc(CF)nn5)nc4)ccc3N12.O=C1O[C@@H](CO)[C@@H]2Cc3cc(Br)ccc3N12.OCc1cn(-c2ccc(Br)cn2)nn1. The topological polar surface area (TPSA) is 350 Å². The fraction of sp³-hybridized carbons (Fsp3) is 0.425. The van der Waals surface area contributed by atoms with Crippen molar-refractivity contribution in [2.45, 2.75) is 188 Å². The molecule has 4 atom stereocenters. The Morgan fingerprint density at radius 1 is 0.434 bits per heavy atom. The predicted molar refractivity (Wildman–Crippen MR) is 421 cm³/mol. The molecule has 0 radical (unpaired) electrons. The summed E-state index contributed by atoms with van der Waals surface area (Å²) >= 11 is 9.97. The van der Waals surface area contributed by atoms with E-state index in [4.69, 9.17) is 47.6 Å². The molecule has 0 aliphatic carbocycles. The maximum Gasteiger partial charge on any atom is 0.496 e. The van der Waals surface area contributed by atoms with Crippen molar-refractivity contribution in [3.05, 3.63) is 182 Å². The zero-order valence-electron chi connectivity index (χ0n) is 63.1. The summed E-state index contributed by atoms with van der Waals surface area (Å²) in [6.07, 6.45) is 12.6. The van der Waals surface area contributed by atoms with E-state index in [0.717, 1.165) is 58.9 Å². The molecule has 31 nitrogen and oxygen atoms in total. The number of benzene rings is 2. The van der Waals surface area contributed by atoms with Gasteiger partial charge in [0.1, 0.15) is 55.0 Å². The van der Waals surface area contributed by atoms with Crippen LogP contribution in [0, 0.1) is 0 Å². The monoisotopic (exact) mass is 1750 g/mol. The van der Waals surface area contributed by atoms with Gasteiger partial charge in [0.25, 0.3) is 0 Å². The van der Waals surface area contributed by atoms with Crippen molar-refractivity contribution >= 4 is 98.0 Å². The second-order valence-corrected chi connectivity index (χ2v) is 32.4. The van der Waals surface area contributed by atoms with Crippen LogP contribution in [0.4, 0.5) is 34.1 Å². The first-order valence-corrected chi connectivity index (χ1v) is 37.9. The van der Waals surface area contributed by atoms with E-state index < -0.39 is 70.7 Å². The molecule has 3 N–H and O–H groups in total. The molecule has 5 saturated heterocycles. The second-order valence-electron chi connectivity index (χ2n) is 29.6. The first-order valence-electron chi connectivity index (χ1n) is 35.5. The van der Waals surface area contributed by atoms with Gasteiger partial charge < -0.3 is 52.7 Å². The Balaban J connectivity index is 0.000000136. The summed E-state index contributed by atoms with van der Waals surface area (Å²) in [5.41, 5.74) is 5.71. The summed E-state index contributed by atoms with van der Waals surface area (Å²) in [6, 6.07) is 26.0. The largest absolute Gasteiger partial charge is 0.496 e. The van der Waals surface area contributed by atoms with E-state index in [2.05, 4.69) is 109 Å². The number of fused-ring (bicyclic) bond motifs is 6. The molecule has 0 unspecified atom stereocenters. The average molecular weight is 1750 g/mol. The molecule has 113 heavy (non-hydrogen) atoms. The van der Waals surface area contributed by atoms with Gasteiger partial charge in [-0.3, -0.25) is 9.80 Å². The number of nitrogens with zero attached hydrogens (tertiary/aromatic N) is 18.